The van der Waals surface area contributed by atoms with Gasteiger partial charge < -0.3 is 14.6 Å². The first-order valence-electron chi connectivity index (χ1n) is 7.36. The van der Waals surface area contributed by atoms with Gasteiger partial charge in [0.2, 0.25) is 0 Å². The lowest BCUT2D eigenvalue weighted by Crippen LogP contribution is -2.29. The van der Waals surface area contributed by atoms with Crippen molar-refractivity contribution in [2.45, 2.75) is 20.4 Å². The number of esters is 1. The Labute approximate surface area is 138 Å². The minimum Gasteiger partial charge on any atom is -0.452 e. The Kier molecular flexibility index (Phi) is 5.32. The number of nitrogens with zero attached hydrogens (tertiary/aromatic N) is 2. The summed E-state index contributed by atoms with van der Waals surface area (Å²) in [5.74, 6) is 1.12. The molecule has 1 aromatic heterocycles. The molecule has 0 saturated heterocycles. The van der Waals surface area contributed by atoms with Crippen molar-refractivity contribution >= 4 is 22.9 Å². The second-order valence-electron chi connectivity index (χ2n) is 5.01. The van der Waals surface area contributed by atoms with Crippen molar-refractivity contribution in [2.75, 3.05) is 13.2 Å². The van der Waals surface area contributed by atoms with Crippen LogP contribution in [-0.4, -0.2) is 34.6 Å². The number of carbonyl (C=O) groups is 2. The second-order valence-corrected chi connectivity index (χ2v) is 5.01. The molecule has 0 radical (unpaired) electrons. The molecule has 0 fully saturated rings. The van der Waals surface area contributed by atoms with E-state index < -0.39 is 18.5 Å². The predicted molar refractivity (Wildman–Crippen MR) is 88.5 cm³/mol. The Morgan fingerprint density at radius 1 is 1.42 bits per heavy atom. The monoisotopic (exact) mass is 327 g/mol. The van der Waals surface area contributed by atoms with E-state index in [2.05, 4.69) is 16.2 Å². The predicted octanol–water partition coefficient (Wildman–Crippen LogP) is 0.631. The molecule has 2 aromatic rings. The Morgan fingerprint density at radius 3 is 2.83 bits per heavy atom. The van der Waals surface area contributed by atoms with E-state index in [0.717, 1.165) is 0 Å². The highest BCUT2D eigenvalue weighted by atomic mass is 16.5. The normalized spacial score (nSPS) is 10.2. The van der Waals surface area contributed by atoms with E-state index in [-0.39, 0.29) is 17.7 Å². The molecular formula is C17H17N3O4. The van der Waals surface area contributed by atoms with Crippen molar-refractivity contribution in [1.82, 2.24) is 14.9 Å². The highest BCUT2D eigenvalue weighted by molar-refractivity contribution is 5.94. The van der Waals surface area contributed by atoms with Crippen LogP contribution >= 0.6 is 0 Å². The third kappa shape index (κ3) is 3.60. The SMILES string of the molecule is C#CCNC(=O)COC(=O)c1ccc2c(c1)nc(C)c(=O)n2CC. The van der Waals surface area contributed by atoms with Crippen molar-refractivity contribution < 1.29 is 14.3 Å². The number of amides is 1. The van der Waals surface area contributed by atoms with Crippen LogP contribution in [0.25, 0.3) is 11.0 Å². The van der Waals surface area contributed by atoms with E-state index in [1.54, 1.807) is 17.6 Å². The van der Waals surface area contributed by atoms with Gasteiger partial charge in [-0.25, -0.2) is 9.78 Å². The van der Waals surface area contributed by atoms with Crippen LogP contribution in [0.1, 0.15) is 23.0 Å². The molecule has 2 rings (SSSR count). The lowest BCUT2D eigenvalue weighted by molar-refractivity contribution is -0.123. The summed E-state index contributed by atoms with van der Waals surface area (Å²) in [4.78, 5) is 39.7. The van der Waals surface area contributed by atoms with Crippen LogP contribution in [0.4, 0.5) is 0 Å². The molecule has 1 heterocycles. The number of hydrogen-bond acceptors (Lipinski definition) is 5. The standard InChI is InChI=1S/C17H17N3O4/c1-4-8-18-15(21)10-24-17(23)12-6-7-14-13(9-12)19-11(3)16(22)20(14)5-2/h1,6-7,9H,5,8,10H2,2-3H3,(H,18,21). The minimum absolute atomic E-state index is 0.0735. The van der Waals surface area contributed by atoms with E-state index in [1.807, 2.05) is 6.92 Å². The molecule has 24 heavy (non-hydrogen) atoms. The van der Waals surface area contributed by atoms with Gasteiger partial charge in [0.15, 0.2) is 6.61 Å². The van der Waals surface area contributed by atoms with Crippen LogP contribution in [0, 0.1) is 19.3 Å². The number of aryl methyl sites for hydroxylation is 2. The number of ether oxygens (including phenoxy) is 1. The summed E-state index contributed by atoms with van der Waals surface area (Å²) >= 11 is 0. The van der Waals surface area contributed by atoms with Crippen molar-refractivity contribution in [2.24, 2.45) is 0 Å². The number of hydrogen-bond donors (Lipinski definition) is 1. The molecule has 0 spiro atoms. The maximum atomic E-state index is 12.0. The van der Waals surface area contributed by atoms with E-state index in [4.69, 9.17) is 11.2 Å². The second kappa shape index (κ2) is 7.42. The average molecular weight is 327 g/mol. The molecule has 1 N–H and O–H groups in total. The summed E-state index contributed by atoms with van der Waals surface area (Å²) < 4.78 is 6.51. The number of terminal acetylenes is 1. The van der Waals surface area contributed by atoms with Crippen LogP contribution in [0.15, 0.2) is 23.0 Å². The molecule has 124 valence electrons. The van der Waals surface area contributed by atoms with Gasteiger partial charge >= 0.3 is 5.97 Å². The highest BCUT2D eigenvalue weighted by Crippen LogP contribution is 2.14. The topological polar surface area (TPSA) is 90.3 Å². The molecule has 1 amide bonds. The molecule has 0 atom stereocenters. The number of benzene rings is 1. The first-order chi connectivity index (χ1) is 11.5. The zero-order valence-electron chi connectivity index (χ0n) is 13.5. The number of fused-ring (bicyclic) bond motifs is 1. The van der Waals surface area contributed by atoms with Gasteiger partial charge in [0.25, 0.3) is 11.5 Å². The van der Waals surface area contributed by atoms with Crippen LogP contribution in [0.2, 0.25) is 0 Å². The van der Waals surface area contributed by atoms with Gasteiger partial charge in [0, 0.05) is 6.54 Å². The summed E-state index contributed by atoms with van der Waals surface area (Å²) in [7, 11) is 0. The van der Waals surface area contributed by atoms with Gasteiger partial charge in [-0.1, -0.05) is 5.92 Å². The quantitative estimate of drug-likeness (QED) is 0.642. The zero-order valence-corrected chi connectivity index (χ0v) is 13.5. The molecule has 0 aliphatic heterocycles. The lowest BCUT2D eigenvalue weighted by atomic mass is 10.2. The average Bonchev–Trinajstić information content (AvgIpc) is 2.58. The van der Waals surface area contributed by atoms with E-state index in [1.165, 1.54) is 12.1 Å². The third-order valence-electron chi connectivity index (χ3n) is 3.38. The molecular weight excluding hydrogens is 310 g/mol. The number of nitrogens with one attached hydrogen (secondary N) is 1. The summed E-state index contributed by atoms with van der Waals surface area (Å²) in [5.41, 5.74) is 1.59. The molecule has 1 aromatic carbocycles. The largest absolute Gasteiger partial charge is 0.452 e. The van der Waals surface area contributed by atoms with Crippen molar-refractivity contribution in [3.8, 4) is 12.3 Å². The molecule has 7 heteroatoms. The minimum atomic E-state index is -0.651. The number of carbonyl (C=O) groups excluding carboxylic acids is 2. The fourth-order valence-corrected chi connectivity index (χ4v) is 2.23. The first kappa shape index (κ1) is 17.2. The zero-order chi connectivity index (χ0) is 17.7. The van der Waals surface area contributed by atoms with Crippen molar-refractivity contribution in [3.05, 3.63) is 39.8 Å². The highest BCUT2D eigenvalue weighted by Gasteiger charge is 2.13. The first-order valence-corrected chi connectivity index (χ1v) is 7.36. The lowest BCUT2D eigenvalue weighted by Gasteiger charge is -2.10. The number of aromatic nitrogens is 2. The fourth-order valence-electron chi connectivity index (χ4n) is 2.23. The van der Waals surface area contributed by atoms with Gasteiger partial charge in [-0.15, -0.1) is 6.42 Å². The Balaban J connectivity index is 2.23. The molecule has 0 unspecified atom stereocenters. The van der Waals surface area contributed by atoms with Crippen LogP contribution in [0.3, 0.4) is 0 Å². The van der Waals surface area contributed by atoms with E-state index in [0.29, 0.717) is 23.3 Å². The summed E-state index contributed by atoms with van der Waals surface area (Å²) in [6, 6.07) is 4.71. The Morgan fingerprint density at radius 2 is 2.17 bits per heavy atom. The van der Waals surface area contributed by atoms with Gasteiger partial charge in [0.05, 0.1) is 23.1 Å². The molecule has 7 nitrogen and oxygen atoms in total. The van der Waals surface area contributed by atoms with Crippen molar-refractivity contribution in [1.29, 1.82) is 0 Å². The molecule has 0 saturated carbocycles. The smallest absolute Gasteiger partial charge is 0.338 e. The van der Waals surface area contributed by atoms with E-state index in [9.17, 15) is 14.4 Å². The molecule has 0 bridgehead atoms. The summed E-state index contributed by atoms with van der Waals surface area (Å²) in [6.45, 7) is 3.63. The van der Waals surface area contributed by atoms with Gasteiger partial charge in [0.1, 0.15) is 5.69 Å². The molecule has 0 aliphatic rings. The third-order valence-corrected chi connectivity index (χ3v) is 3.38. The van der Waals surface area contributed by atoms with Crippen molar-refractivity contribution in [3.63, 3.8) is 0 Å². The molecule has 0 aliphatic carbocycles. The van der Waals surface area contributed by atoms with Crippen LogP contribution in [0.5, 0.6) is 0 Å². The van der Waals surface area contributed by atoms with Gasteiger partial charge in [-0.2, -0.15) is 0 Å². The van der Waals surface area contributed by atoms with Crippen LogP contribution in [-0.2, 0) is 16.1 Å². The van der Waals surface area contributed by atoms with Gasteiger partial charge in [-0.05, 0) is 32.0 Å². The number of rotatable bonds is 5. The fraction of sp³-hybridized carbons (Fsp3) is 0.294. The van der Waals surface area contributed by atoms with Crippen LogP contribution < -0.4 is 10.9 Å². The van der Waals surface area contributed by atoms with E-state index >= 15 is 0 Å². The maximum absolute atomic E-state index is 12.0. The summed E-state index contributed by atoms with van der Waals surface area (Å²) in [5, 5.41) is 2.39. The van der Waals surface area contributed by atoms with Gasteiger partial charge in [-0.3, -0.25) is 9.59 Å². The Bertz CT molecular complexity index is 893. The summed E-state index contributed by atoms with van der Waals surface area (Å²) in [6.07, 6.45) is 5.02. The Hall–Kier alpha value is -3.14. The maximum Gasteiger partial charge on any atom is 0.338 e.